The monoisotopic (exact) mass is 370 g/mol. The molecule has 1 aliphatic carbocycles. The maximum absolute atomic E-state index is 12.6. The first-order valence-electron chi connectivity index (χ1n) is 6.64. The van der Waals surface area contributed by atoms with Crippen LogP contribution in [0.15, 0.2) is 33.9 Å². The lowest BCUT2D eigenvalue weighted by molar-refractivity contribution is 0.500. The van der Waals surface area contributed by atoms with Gasteiger partial charge in [0, 0.05) is 13.1 Å². The first kappa shape index (κ1) is 14.7. The van der Waals surface area contributed by atoms with Crippen LogP contribution in [0.2, 0.25) is 0 Å². The molecule has 8 heteroatoms. The van der Waals surface area contributed by atoms with Crippen molar-refractivity contribution in [2.45, 2.75) is 30.3 Å². The molecule has 1 unspecified atom stereocenters. The normalized spacial score (nSPS) is 18.5. The largest absolute Gasteiger partial charge is 0.261 e. The van der Waals surface area contributed by atoms with E-state index in [0.29, 0.717) is 0 Å². The maximum atomic E-state index is 12.6. The predicted octanol–water partition coefficient (Wildman–Crippen LogP) is 1.93. The van der Waals surface area contributed by atoms with Crippen molar-refractivity contribution in [3.63, 3.8) is 0 Å². The number of benzene rings is 1. The van der Waals surface area contributed by atoms with Crippen molar-refractivity contribution in [2.24, 2.45) is 7.05 Å². The van der Waals surface area contributed by atoms with E-state index in [1.807, 2.05) is 18.2 Å². The van der Waals surface area contributed by atoms with Crippen molar-refractivity contribution >= 4 is 26.0 Å². The van der Waals surface area contributed by atoms with E-state index >= 15 is 0 Å². The molecular weight excluding hydrogens is 356 g/mol. The number of sulfonamides is 1. The minimum Gasteiger partial charge on any atom is -0.235 e. The van der Waals surface area contributed by atoms with Gasteiger partial charge in [0.1, 0.15) is 0 Å². The van der Waals surface area contributed by atoms with Crippen LogP contribution in [0, 0.1) is 0 Å². The zero-order valence-corrected chi connectivity index (χ0v) is 13.9. The minimum atomic E-state index is -3.68. The van der Waals surface area contributed by atoms with E-state index in [-0.39, 0.29) is 15.7 Å². The average molecular weight is 371 g/mol. The number of rotatable bonds is 3. The van der Waals surface area contributed by atoms with Crippen molar-refractivity contribution in [1.29, 1.82) is 0 Å². The third-order valence-corrected chi connectivity index (χ3v) is 6.02. The highest BCUT2D eigenvalue weighted by Gasteiger charge is 2.29. The molecule has 0 saturated carbocycles. The van der Waals surface area contributed by atoms with E-state index in [2.05, 4.69) is 37.0 Å². The van der Waals surface area contributed by atoms with Gasteiger partial charge in [0.25, 0.3) is 10.0 Å². The van der Waals surface area contributed by atoms with Crippen LogP contribution in [-0.2, 0) is 23.5 Å². The molecule has 0 spiro atoms. The molecule has 1 N–H and O–H groups in total. The molecule has 0 bridgehead atoms. The van der Waals surface area contributed by atoms with Crippen LogP contribution in [-0.4, -0.2) is 23.4 Å². The highest BCUT2D eigenvalue weighted by molar-refractivity contribution is 9.10. The molecule has 6 nitrogen and oxygen atoms in total. The standard InChI is InChI=1S/C13H15BrN4O2S/c1-18-13(12(14)15-17-18)21(19,20)16-11-8-4-6-9-5-2-3-7-10(9)11/h2-3,5,7,11,16H,4,6,8H2,1H3. The van der Waals surface area contributed by atoms with Crippen molar-refractivity contribution < 1.29 is 8.42 Å². The molecule has 1 aromatic heterocycles. The topological polar surface area (TPSA) is 76.9 Å². The second-order valence-electron chi connectivity index (χ2n) is 5.07. The molecule has 2 aromatic rings. The molecular formula is C13H15BrN4O2S. The Morgan fingerprint density at radius 2 is 2.14 bits per heavy atom. The van der Waals surface area contributed by atoms with Gasteiger partial charge in [-0.05, 0) is 46.3 Å². The summed E-state index contributed by atoms with van der Waals surface area (Å²) >= 11 is 3.14. The Morgan fingerprint density at radius 3 is 2.86 bits per heavy atom. The molecule has 21 heavy (non-hydrogen) atoms. The summed E-state index contributed by atoms with van der Waals surface area (Å²) < 4.78 is 29.4. The van der Waals surface area contributed by atoms with E-state index in [1.54, 1.807) is 7.05 Å². The van der Waals surface area contributed by atoms with Gasteiger partial charge in [-0.2, -0.15) is 0 Å². The number of hydrogen-bond donors (Lipinski definition) is 1. The van der Waals surface area contributed by atoms with E-state index in [4.69, 9.17) is 0 Å². The van der Waals surface area contributed by atoms with Gasteiger partial charge < -0.3 is 0 Å². The van der Waals surface area contributed by atoms with Crippen molar-refractivity contribution in [3.8, 4) is 0 Å². The summed E-state index contributed by atoms with van der Waals surface area (Å²) in [6.07, 6.45) is 2.75. The van der Waals surface area contributed by atoms with E-state index in [1.165, 1.54) is 10.2 Å². The van der Waals surface area contributed by atoms with Crippen LogP contribution in [0.1, 0.15) is 30.0 Å². The minimum absolute atomic E-state index is 0.0468. The summed E-state index contributed by atoms with van der Waals surface area (Å²) in [5.74, 6) is 0. The summed E-state index contributed by atoms with van der Waals surface area (Å²) in [6, 6.07) is 7.75. The van der Waals surface area contributed by atoms with Crippen LogP contribution < -0.4 is 4.72 Å². The van der Waals surface area contributed by atoms with Gasteiger partial charge in [-0.15, -0.1) is 5.10 Å². The molecule has 0 fully saturated rings. The van der Waals surface area contributed by atoms with Crippen LogP contribution in [0.4, 0.5) is 0 Å². The molecule has 1 heterocycles. The Bertz CT molecular complexity index is 753. The lowest BCUT2D eigenvalue weighted by Crippen LogP contribution is -2.32. The number of aromatic nitrogens is 3. The third-order valence-electron chi connectivity index (χ3n) is 3.66. The molecule has 0 radical (unpaired) electrons. The smallest absolute Gasteiger partial charge is 0.235 e. The van der Waals surface area contributed by atoms with Crippen molar-refractivity contribution in [3.05, 3.63) is 40.0 Å². The summed E-state index contributed by atoms with van der Waals surface area (Å²) in [7, 11) is -2.12. The zero-order chi connectivity index (χ0) is 15.0. The van der Waals surface area contributed by atoms with Gasteiger partial charge in [0.05, 0.1) is 0 Å². The summed E-state index contributed by atoms with van der Waals surface area (Å²) in [4.78, 5) is 0. The first-order chi connectivity index (χ1) is 9.99. The predicted molar refractivity (Wildman–Crippen MR) is 81.1 cm³/mol. The quantitative estimate of drug-likeness (QED) is 0.895. The van der Waals surface area contributed by atoms with Gasteiger partial charge in [-0.1, -0.05) is 29.5 Å². The van der Waals surface area contributed by atoms with Crippen molar-refractivity contribution in [1.82, 2.24) is 19.7 Å². The second-order valence-corrected chi connectivity index (χ2v) is 7.45. The SMILES string of the molecule is Cn1nnc(Br)c1S(=O)(=O)NC1CCCc2ccccc21. The lowest BCUT2D eigenvalue weighted by Gasteiger charge is -2.26. The van der Waals surface area contributed by atoms with Gasteiger partial charge in [-0.3, -0.25) is 0 Å². The highest BCUT2D eigenvalue weighted by atomic mass is 79.9. The maximum Gasteiger partial charge on any atom is 0.261 e. The number of nitrogens with zero attached hydrogens (tertiary/aromatic N) is 3. The Balaban J connectivity index is 1.94. The number of fused-ring (bicyclic) bond motifs is 1. The second kappa shape index (κ2) is 5.51. The lowest BCUT2D eigenvalue weighted by atomic mass is 9.88. The Hall–Kier alpha value is -1.25. The van der Waals surface area contributed by atoms with E-state index < -0.39 is 10.0 Å². The Kier molecular flexibility index (Phi) is 3.85. The van der Waals surface area contributed by atoms with E-state index in [9.17, 15) is 8.42 Å². The molecule has 0 amide bonds. The van der Waals surface area contributed by atoms with Gasteiger partial charge in [0.2, 0.25) is 5.03 Å². The summed E-state index contributed by atoms with van der Waals surface area (Å²) in [5.41, 5.74) is 2.26. The van der Waals surface area contributed by atoms with Crippen molar-refractivity contribution in [2.75, 3.05) is 0 Å². The number of nitrogens with one attached hydrogen (secondary N) is 1. The third kappa shape index (κ3) is 2.75. The highest BCUT2D eigenvalue weighted by Crippen LogP contribution is 2.31. The van der Waals surface area contributed by atoms with Gasteiger partial charge in [0.15, 0.2) is 4.60 Å². The fourth-order valence-corrected chi connectivity index (χ4v) is 5.07. The van der Waals surface area contributed by atoms with Crippen LogP contribution in [0.25, 0.3) is 0 Å². The summed E-state index contributed by atoms with van der Waals surface area (Å²) in [6.45, 7) is 0. The number of hydrogen-bond acceptors (Lipinski definition) is 4. The summed E-state index contributed by atoms with van der Waals surface area (Å²) in [5, 5.41) is 7.50. The number of aryl methyl sites for hydroxylation is 2. The zero-order valence-electron chi connectivity index (χ0n) is 11.5. The Labute approximate surface area is 131 Å². The fraction of sp³-hybridized carbons (Fsp3) is 0.385. The van der Waals surface area contributed by atoms with Crippen LogP contribution >= 0.6 is 15.9 Å². The number of halogens is 1. The first-order valence-corrected chi connectivity index (χ1v) is 8.92. The van der Waals surface area contributed by atoms with E-state index in [0.717, 1.165) is 24.8 Å². The Morgan fingerprint density at radius 1 is 1.38 bits per heavy atom. The molecule has 0 saturated heterocycles. The molecule has 3 rings (SSSR count). The molecule has 112 valence electrons. The van der Waals surface area contributed by atoms with Gasteiger partial charge >= 0.3 is 0 Å². The average Bonchev–Trinajstić information content (AvgIpc) is 2.79. The molecule has 1 aliphatic rings. The van der Waals surface area contributed by atoms with Crippen LogP contribution in [0.3, 0.4) is 0 Å². The molecule has 0 aliphatic heterocycles. The fourth-order valence-electron chi connectivity index (χ4n) is 2.73. The van der Waals surface area contributed by atoms with Crippen LogP contribution in [0.5, 0.6) is 0 Å². The molecule has 1 atom stereocenters. The molecule has 1 aromatic carbocycles. The van der Waals surface area contributed by atoms with Gasteiger partial charge in [-0.25, -0.2) is 17.8 Å².